The number of aromatic nitrogens is 4. The van der Waals surface area contributed by atoms with Gasteiger partial charge in [0.1, 0.15) is 11.7 Å². The Morgan fingerprint density at radius 3 is 2.66 bits per heavy atom. The lowest BCUT2D eigenvalue weighted by molar-refractivity contribution is -0.140. The van der Waals surface area contributed by atoms with E-state index in [0.29, 0.717) is 13.2 Å². The molecule has 2 N–H and O–H groups in total. The molecule has 0 spiro atoms. The molecule has 1 aliphatic heterocycles. The maximum Gasteiger partial charge on any atom is 0.419 e. The number of carbonyl (C=O) groups is 1. The van der Waals surface area contributed by atoms with Crippen LogP contribution in [0.5, 0.6) is 5.75 Å². The number of rotatable bonds is 4. The Bertz CT molecular complexity index is 1290. The van der Waals surface area contributed by atoms with Gasteiger partial charge in [-0.05, 0) is 19.9 Å². The highest BCUT2D eigenvalue weighted by atomic mass is 19.4. The lowest BCUT2D eigenvalue weighted by Gasteiger charge is -2.34. The fourth-order valence-electron chi connectivity index (χ4n) is 3.81. The predicted molar refractivity (Wildman–Crippen MR) is 114 cm³/mol. The van der Waals surface area contributed by atoms with Gasteiger partial charge in [0.25, 0.3) is 0 Å². The van der Waals surface area contributed by atoms with Gasteiger partial charge in [0.05, 0.1) is 24.2 Å². The van der Waals surface area contributed by atoms with Crippen molar-refractivity contribution in [1.29, 1.82) is 0 Å². The second-order valence-corrected chi connectivity index (χ2v) is 8.27. The normalized spacial score (nSPS) is 16.8. The van der Waals surface area contributed by atoms with Gasteiger partial charge in [0.2, 0.25) is 11.9 Å². The topological polar surface area (TPSA) is 105 Å². The van der Waals surface area contributed by atoms with Crippen LogP contribution in [0.4, 0.5) is 27.9 Å². The van der Waals surface area contributed by atoms with Gasteiger partial charge >= 0.3 is 6.18 Å². The maximum absolute atomic E-state index is 14.7. The predicted octanol–water partition coefficient (Wildman–Crippen LogP) is 2.76. The Morgan fingerprint density at radius 2 is 2.00 bits per heavy atom. The summed E-state index contributed by atoms with van der Waals surface area (Å²) in [6.45, 7) is 4.31. The van der Waals surface area contributed by atoms with E-state index in [1.807, 2.05) is 13.8 Å². The molecule has 0 saturated carbocycles. The number of nitrogens with one attached hydrogen (secondary N) is 1. The Hall–Kier alpha value is -3.55. The van der Waals surface area contributed by atoms with Crippen LogP contribution in [-0.2, 0) is 22.8 Å². The van der Waals surface area contributed by atoms with Crippen LogP contribution in [0.2, 0.25) is 0 Å². The molecule has 9 nitrogen and oxygen atoms in total. The molecule has 0 aliphatic carbocycles. The summed E-state index contributed by atoms with van der Waals surface area (Å²) < 4.78 is 74.9. The first kappa shape index (κ1) is 24.6. The lowest BCUT2D eigenvalue weighted by atomic mass is 10.0. The summed E-state index contributed by atoms with van der Waals surface area (Å²) in [4.78, 5) is 22.9. The summed E-state index contributed by atoms with van der Waals surface area (Å²) in [5.74, 6) is -5.64. The minimum Gasteiger partial charge on any atom is -0.503 e. The van der Waals surface area contributed by atoms with Crippen LogP contribution in [0.25, 0.3) is 22.3 Å². The molecule has 2 aromatic heterocycles. The summed E-state index contributed by atoms with van der Waals surface area (Å²) in [6.07, 6.45) is -3.96. The van der Waals surface area contributed by atoms with Crippen molar-refractivity contribution in [2.75, 3.05) is 24.7 Å². The summed E-state index contributed by atoms with van der Waals surface area (Å²) >= 11 is 0. The fourth-order valence-corrected chi connectivity index (χ4v) is 3.81. The van der Waals surface area contributed by atoms with E-state index in [4.69, 9.17) is 4.74 Å². The molecule has 0 bridgehead atoms. The molecule has 3 aromatic rings. The van der Waals surface area contributed by atoms with Crippen molar-refractivity contribution < 1.29 is 36.6 Å². The molecule has 0 unspecified atom stereocenters. The zero-order valence-electron chi connectivity index (χ0n) is 18.8. The number of carbonyl (C=O) groups excluding carboxylic acids is 1. The van der Waals surface area contributed by atoms with E-state index in [0.717, 1.165) is 0 Å². The number of phenols is 1. The maximum atomic E-state index is 14.7. The monoisotopic (exact) mass is 500 g/mol. The number of halogens is 5. The van der Waals surface area contributed by atoms with Crippen molar-refractivity contribution in [1.82, 2.24) is 25.1 Å². The number of alkyl halides is 3. The molecule has 1 atom stereocenters. The number of aromatic hydroxyl groups is 1. The Balaban J connectivity index is 1.80. The number of aryl methyl sites for hydroxylation is 1. The number of benzene rings is 1. The number of morpholine rings is 1. The number of nitrogens with zero attached hydrogens (tertiary/aromatic N) is 5. The highest BCUT2D eigenvalue weighted by Gasteiger charge is 2.38. The summed E-state index contributed by atoms with van der Waals surface area (Å²) in [6, 6.07) is -0.594. The van der Waals surface area contributed by atoms with Crippen molar-refractivity contribution in [2.24, 2.45) is 7.05 Å². The molecule has 14 heteroatoms. The number of fused-ring (bicyclic) bond motifs is 1. The minimum atomic E-state index is -5.18. The molecule has 1 amide bonds. The third-order valence-corrected chi connectivity index (χ3v) is 5.42. The molecule has 4 rings (SSSR count). The third kappa shape index (κ3) is 4.45. The number of anilines is 1. The second kappa shape index (κ2) is 8.91. The Labute approximate surface area is 195 Å². The molecule has 3 heterocycles. The van der Waals surface area contributed by atoms with E-state index >= 15 is 0 Å². The van der Waals surface area contributed by atoms with E-state index < -0.39 is 40.7 Å². The van der Waals surface area contributed by atoms with Gasteiger partial charge in [-0.15, -0.1) is 0 Å². The van der Waals surface area contributed by atoms with Crippen molar-refractivity contribution in [3.05, 3.63) is 29.5 Å². The molecule has 35 heavy (non-hydrogen) atoms. The number of amides is 1. The Kier molecular flexibility index (Phi) is 6.25. The number of hydrogen-bond acceptors (Lipinski definition) is 7. The Morgan fingerprint density at radius 1 is 1.29 bits per heavy atom. The smallest absolute Gasteiger partial charge is 0.419 e. The third-order valence-electron chi connectivity index (χ3n) is 5.42. The zero-order valence-corrected chi connectivity index (χ0v) is 18.8. The highest BCUT2D eigenvalue weighted by molar-refractivity contribution is 5.92. The molecular formula is C21H21F5N6O3. The standard InChI is InChI=1S/C21H21F5N6O3/c1-9(2)28-19(34)13-8-35-5-4-32(13)20-27-7-11-16(30-31(3)18(11)29-20)10-6-12(21(24,25)26)15(23)17(33)14(10)22/h6-7,9,13,33H,4-5,8H2,1-3H3,(H,28,34)/t13-/m0/s1. The minimum absolute atomic E-state index is 0.0609. The molecule has 0 radical (unpaired) electrons. The first-order chi connectivity index (χ1) is 16.4. The summed E-state index contributed by atoms with van der Waals surface area (Å²) in [5.41, 5.74) is -2.80. The van der Waals surface area contributed by atoms with Crippen molar-refractivity contribution in [2.45, 2.75) is 32.1 Å². The van der Waals surface area contributed by atoms with Gasteiger partial charge in [0.15, 0.2) is 23.0 Å². The van der Waals surface area contributed by atoms with Crippen molar-refractivity contribution in [3.63, 3.8) is 0 Å². The van der Waals surface area contributed by atoms with E-state index in [2.05, 4.69) is 20.4 Å². The molecule has 1 fully saturated rings. The van der Waals surface area contributed by atoms with Gasteiger partial charge in [0, 0.05) is 31.4 Å². The molecule has 1 saturated heterocycles. The van der Waals surface area contributed by atoms with Gasteiger partial charge in [-0.1, -0.05) is 0 Å². The number of ether oxygens (including phenoxy) is 1. The van der Waals surface area contributed by atoms with Gasteiger partial charge in [-0.2, -0.15) is 23.3 Å². The molecular weight excluding hydrogens is 479 g/mol. The summed E-state index contributed by atoms with van der Waals surface area (Å²) in [7, 11) is 1.43. The number of phenolic OH excluding ortho intramolecular Hbond substituents is 1. The second-order valence-electron chi connectivity index (χ2n) is 8.27. The van der Waals surface area contributed by atoms with Gasteiger partial charge in [-0.3, -0.25) is 4.79 Å². The largest absolute Gasteiger partial charge is 0.503 e. The first-order valence-corrected chi connectivity index (χ1v) is 10.5. The van der Waals surface area contributed by atoms with Gasteiger partial charge < -0.3 is 20.1 Å². The fraction of sp³-hybridized carbons (Fsp3) is 0.429. The van der Waals surface area contributed by atoms with Crippen molar-refractivity contribution in [3.8, 4) is 17.0 Å². The first-order valence-electron chi connectivity index (χ1n) is 10.5. The van der Waals surface area contributed by atoms with E-state index in [9.17, 15) is 31.9 Å². The van der Waals surface area contributed by atoms with E-state index in [1.54, 1.807) is 4.90 Å². The van der Waals surface area contributed by atoms with Crippen LogP contribution in [0.1, 0.15) is 19.4 Å². The van der Waals surface area contributed by atoms with Crippen molar-refractivity contribution >= 4 is 22.9 Å². The SMILES string of the molecule is CC(C)NC(=O)[C@@H]1COCCN1c1ncc2c(-c3cc(C(F)(F)F)c(F)c(O)c3F)nn(C)c2n1. The quantitative estimate of drug-likeness (QED) is 0.531. The number of hydrogen-bond donors (Lipinski definition) is 2. The molecule has 1 aromatic carbocycles. The molecule has 188 valence electrons. The van der Waals surface area contributed by atoms with Gasteiger partial charge in [-0.25, -0.2) is 18.4 Å². The average Bonchev–Trinajstić information content (AvgIpc) is 3.12. The highest BCUT2D eigenvalue weighted by Crippen LogP contribution is 2.41. The average molecular weight is 500 g/mol. The van der Waals surface area contributed by atoms with Crippen LogP contribution in [0.3, 0.4) is 0 Å². The zero-order chi connectivity index (χ0) is 25.7. The van der Waals surface area contributed by atoms with Crippen LogP contribution in [0, 0.1) is 11.6 Å². The summed E-state index contributed by atoms with van der Waals surface area (Å²) in [5, 5.41) is 16.6. The van der Waals surface area contributed by atoms with Crippen LogP contribution >= 0.6 is 0 Å². The lowest BCUT2D eigenvalue weighted by Crippen LogP contribution is -2.55. The van der Waals surface area contributed by atoms with Crippen LogP contribution in [0.15, 0.2) is 12.3 Å². The molecule has 1 aliphatic rings. The van der Waals surface area contributed by atoms with Crippen LogP contribution in [-0.4, -0.2) is 62.6 Å². The van der Waals surface area contributed by atoms with E-state index in [-0.39, 0.29) is 47.3 Å². The van der Waals surface area contributed by atoms with Crippen LogP contribution < -0.4 is 10.2 Å². The van der Waals surface area contributed by atoms with E-state index in [1.165, 1.54) is 17.9 Å².